The van der Waals surface area contributed by atoms with Crippen molar-refractivity contribution in [1.82, 2.24) is 0 Å². The van der Waals surface area contributed by atoms with Crippen LogP contribution in [-0.4, -0.2) is 6.18 Å². The van der Waals surface area contributed by atoms with Crippen LogP contribution < -0.4 is 5.73 Å². The molecule has 5 heteroatoms. The molecule has 0 rings (SSSR count). The lowest BCUT2D eigenvalue weighted by molar-refractivity contribution is -0.0798. The minimum Gasteiger partial charge on any atom is -0.399 e. The fourth-order valence-corrected chi connectivity index (χ4v) is 0.505. The molecule has 0 aliphatic carbocycles. The van der Waals surface area contributed by atoms with Gasteiger partial charge in [-0.3, -0.25) is 0 Å². The van der Waals surface area contributed by atoms with Crippen LogP contribution in [0.2, 0.25) is 0 Å². The first-order valence-corrected chi connectivity index (χ1v) is 3.65. The molecular formula is C9H9F3N2. The summed E-state index contributed by atoms with van der Waals surface area (Å²) >= 11 is 0. The Morgan fingerprint density at radius 1 is 1.36 bits per heavy atom. The Morgan fingerprint density at radius 2 is 1.93 bits per heavy atom. The van der Waals surface area contributed by atoms with Crippen molar-refractivity contribution >= 4 is 0 Å². The van der Waals surface area contributed by atoms with E-state index in [2.05, 4.69) is 0 Å². The molecule has 2 nitrogen and oxygen atoms in total. The molecule has 0 aliphatic heterocycles. The zero-order valence-corrected chi connectivity index (χ0v) is 7.47. The van der Waals surface area contributed by atoms with Gasteiger partial charge in [-0.15, -0.1) is 0 Å². The quantitative estimate of drug-likeness (QED) is 0.552. The lowest BCUT2D eigenvalue weighted by Gasteiger charge is -1.96. The van der Waals surface area contributed by atoms with E-state index >= 15 is 0 Å². The lowest BCUT2D eigenvalue weighted by Crippen LogP contribution is -2.02. The number of nitrogens with two attached hydrogens (primary N) is 1. The molecule has 0 aliphatic rings. The molecule has 2 N–H and O–H groups in total. The Hall–Kier alpha value is -1.70. The summed E-state index contributed by atoms with van der Waals surface area (Å²) in [6.45, 7) is 1.53. The summed E-state index contributed by atoms with van der Waals surface area (Å²) in [5.41, 5.74) is 5.51. The number of alkyl halides is 3. The van der Waals surface area contributed by atoms with E-state index in [1.165, 1.54) is 19.1 Å². The van der Waals surface area contributed by atoms with Crippen LogP contribution in [-0.2, 0) is 0 Å². The van der Waals surface area contributed by atoms with Crippen LogP contribution in [0.1, 0.15) is 6.92 Å². The topological polar surface area (TPSA) is 49.8 Å². The van der Waals surface area contributed by atoms with Crippen molar-refractivity contribution in [3.05, 3.63) is 35.6 Å². The molecule has 76 valence electrons. The first kappa shape index (κ1) is 12.3. The lowest BCUT2D eigenvalue weighted by atomic mass is 10.2. The second-order valence-electron chi connectivity index (χ2n) is 2.50. The third-order valence-electron chi connectivity index (χ3n) is 1.17. The molecule has 0 aromatic heterocycles. The number of nitrogens with zero attached hydrogens (tertiary/aromatic N) is 1. The maximum atomic E-state index is 11.6. The molecule has 0 spiro atoms. The predicted molar refractivity (Wildman–Crippen MR) is 46.8 cm³/mol. The highest BCUT2D eigenvalue weighted by Crippen LogP contribution is 2.16. The molecule has 0 heterocycles. The van der Waals surface area contributed by atoms with Gasteiger partial charge in [-0.1, -0.05) is 0 Å². The zero-order chi connectivity index (χ0) is 11.2. The normalized spacial score (nSPS) is 14.5. The Labute approximate surface area is 79.8 Å². The third-order valence-corrected chi connectivity index (χ3v) is 1.17. The summed E-state index contributed by atoms with van der Waals surface area (Å²) in [6.07, 6.45) is -1.02. The van der Waals surface area contributed by atoms with E-state index < -0.39 is 6.18 Å². The fraction of sp³-hybridized carbons (Fsp3) is 0.222. The van der Waals surface area contributed by atoms with Crippen LogP contribution in [0, 0.1) is 11.3 Å². The van der Waals surface area contributed by atoms with E-state index in [1.54, 1.807) is 0 Å². The Kier molecular flexibility index (Phi) is 4.50. The van der Waals surface area contributed by atoms with Gasteiger partial charge in [0.2, 0.25) is 0 Å². The molecule has 0 saturated heterocycles. The second kappa shape index (κ2) is 5.12. The average Bonchev–Trinajstić information content (AvgIpc) is 2.09. The number of halogens is 3. The average molecular weight is 202 g/mol. The predicted octanol–water partition coefficient (Wildman–Crippen LogP) is 2.42. The van der Waals surface area contributed by atoms with Gasteiger partial charge >= 0.3 is 6.18 Å². The highest BCUT2D eigenvalue weighted by molar-refractivity contribution is 5.28. The molecule has 0 aromatic carbocycles. The fourth-order valence-electron chi connectivity index (χ4n) is 0.505. The van der Waals surface area contributed by atoms with Crippen LogP contribution in [0.3, 0.4) is 0 Å². The van der Waals surface area contributed by atoms with Gasteiger partial charge < -0.3 is 5.73 Å². The SMILES string of the molecule is C\C(C#N)=C/C=C(N)\C=C\C(F)(F)F. The summed E-state index contributed by atoms with van der Waals surface area (Å²) < 4.78 is 34.9. The highest BCUT2D eigenvalue weighted by atomic mass is 19.4. The highest BCUT2D eigenvalue weighted by Gasteiger charge is 2.21. The minimum absolute atomic E-state index is 0.0361. The summed E-state index contributed by atoms with van der Waals surface area (Å²) in [7, 11) is 0. The standard InChI is InChI=1S/C9H9F3N2/c1-7(6-13)2-3-8(14)4-5-9(10,11)12/h2-5H,14H2,1H3/b5-4+,7-2+,8-3+. The maximum Gasteiger partial charge on any atom is 0.409 e. The van der Waals surface area contributed by atoms with E-state index in [0.717, 1.165) is 6.08 Å². The van der Waals surface area contributed by atoms with E-state index in [1.807, 2.05) is 6.07 Å². The summed E-state index contributed by atoms with van der Waals surface area (Å²) in [4.78, 5) is 0. The van der Waals surface area contributed by atoms with Crippen molar-refractivity contribution in [2.24, 2.45) is 5.73 Å². The molecule has 0 saturated carbocycles. The third kappa shape index (κ3) is 6.98. The van der Waals surface area contributed by atoms with Crippen molar-refractivity contribution in [1.29, 1.82) is 5.26 Å². The van der Waals surface area contributed by atoms with Crippen LogP contribution in [0.4, 0.5) is 13.2 Å². The molecule has 0 atom stereocenters. The molecule has 0 aromatic rings. The molecule has 0 bridgehead atoms. The van der Waals surface area contributed by atoms with Crippen LogP contribution in [0.5, 0.6) is 0 Å². The van der Waals surface area contributed by atoms with Gasteiger partial charge in [0, 0.05) is 17.3 Å². The molecule has 0 fully saturated rings. The first-order chi connectivity index (χ1) is 6.35. The van der Waals surface area contributed by atoms with Gasteiger partial charge in [0.25, 0.3) is 0 Å². The van der Waals surface area contributed by atoms with Crippen molar-refractivity contribution in [3.63, 3.8) is 0 Å². The Balaban J connectivity index is 4.45. The Bertz CT molecular complexity index is 316. The minimum atomic E-state index is -4.37. The largest absolute Gasteiger partial charge is 0.409 e. The number of hydrogen-bond donors (Lipinski definition) is 1. The van der Waals surface area contributed by atoms with Crippen molar-refractivity contribution in [2.45, 2.75) is 13.1 Å². The smallest absolute Gasteiger partial charge is 0.399 e. The Morgan fingerprint density at radius 3 is 2.36 bits per heavy atom. The van der Waals surface area contributed by atoms with E-state index in [9.17, 15) is 13.2 Å². The van der Waals surface area contributed by atoms with E-state index in [-0.39, 0.29) is 11.8 Å². The number of allylic oxidation sites excluding steroid dienone is 5. The molecular weight excluding hydrogens is 193 g/mol. The van der Waals surface area contributed by atoms with Crippen molar-refractivity contribution in [3.8, 4) is 6.07 Å². The maximum absolute atomic E-state index is 11.6. The van der Waals surface area contributed by atoms with Crippen molar-refractivity contribution < 1.29 is 13.2 Å². The zero-order valence-electron chi connectivity index (χ0n) is 7.47. The summed E-state index contributed by atoms with van der Waals surface area (Å²) in [6, 6.07) is 1.81. The number of nitriles is 1. The van der Waals surface area contributed by atoms with Gasteiger partial charge in [-0.05, 0) is 25.2 Å². The summed E-state index contributed by atoms with van der Waals surface area (Å²) in [5.74, 6) is 0. The summed E-state index contributed by atoms with van der Waals surface area (Å²) in [5, 5.41) is 8.32. The van der Waals surface area contributed by atoms with Crippen LogP contribution in [0.15, 0.2) is 35.6 Å². The first-order valence-electron chi connectivity index (χ1n) is 3.65. The van der Waals surface area contributed by atoms with Gasteiger partial charge in [-0.2, -0.15) is 18.4 Å². The van der Waals surface area contributed by atoms with E-state index in [4.69, 9.17) is 11.0 Å². The number of rotatable bonds is 2. The van der Waals surface area contributed by atoms with Gasteiger partial charge in [0.05, 0.1) is 6.07 Å². The molecule has 0 amide bonds. The van der Waals surface area contributed by atoms with Crippen molar-refractivity contribution in [2.75, 3.05) is 0 Å². The van der Waals surface area contributed by atoms with Gasteiger partial charge in [0.15, 0.2) is 0 Å². The molecule has 14 heavy (non-hydrogen) atoms. The number of hydrogen-bond acceptors (Lipinski definition) is 2. The molecule has 0 unspecified atom stereocenters. The molecule has 0 radical (unpaired) electrons. The monoisotopic (exact) mass is 202 g/mol. The van der Waals surface area contributed by atoms with Gasteiger partial charge in [0.1, 0.15) is 0 Å². The van der Waals surface area contributed by atoms with Crippen LogP contribution in [0.25, 0.3) is 0 Å². The van der Waals surface area contributed by atoms with E-state index in [0.29, 0.717) is 5.57 Å². The van der Waals surface area contributed by atoms with Crippen LogP contribution >= 0.6 is 0 Å². The second-order valence-corrected chi connectivity index (χ2v) is 2.50. The van der Waals surface area contributed by atoms with Gasteiger partial charge in [-0.25, -0.2) is 0 Å².